The Morgan fingerprint density at radius 2 is 2.41 bits per heavy atom. The Morgan fingerprint density at radius 1 is 1.47 bits per heavy atom. The molecule has 3 rings (SSSR count). The summed E-state index contributed by atoms with van der Waals surface area (Å²) in [6.45, 7) is 1.22. The maximum absolute atomic E-state index is 6.01. The summed E-state index contributed by atoms with van der Waals surface area (Å²) in [6.07, 6.45) is 4.16. The van der Waals surface area contributed by atoms with Gasteiger partial charge in [0.25, 0.3) is 0 Å². The molecule has 0 aromatic carbocycles. The van der Waals surface area contributed by atoms with Crippen molar-refractivity contribution in [2.75, 3.05) is 13.2 Å². The molecule has 2 aromatic rings. The summed E-state index contributed by atoms with van der Waals surface area (Å²) in [5, 5.41) is 3.88. The summed E-state index contributed by atoms with van der Waals surface area (Å²) in [4.78, 5) is 11.3. The summed E-state index contributed by atoms with van der Waals surface area (Å²) < 4.78 is 10.6. The minimum atomic E-state index is -0.0278. The van der Waals surface area contributed by atoms with E-state index in [1.54, 1.807) is 12.4 Å². The third-order valence-corrected chi connectivity index (χ3v) is 2.88. The lowest BCUT2D eigenvalue weighted by atomic mass is 9.97. The van der Waals surface area contributed by atoms with Crippen molar-refractivity contribution in [3.8, 4) is 11.6 Å². The predicted octanol–water partition coefficient (Wildman–Crippen LogP) is 0.291. The minimum Gasteiger partial charge on any atom is -0.381 e. The summed E-state index contributed by atoms with van der Waals surface area (Å²) in [5.41, 5.74) is 6.01. The highest BCUT2D eigenvalue weighted by Gasteiger charge is 2.29. The third kappa shape index (κ3) is 1.94. The van der Waals surface area contributed by atoms with Crippen molar-refractivity contribution >= 4 is 0 Å². The second-order valence-corrected chi connectivity index (χ2v) is 4.03. The first-order valence-corrected chi connectivity index (χ1v) is 5.51. The van der Waals surface area contributed by atoms with Gasteiger partial charge in [-0.05, 0) is 6.42 Å². The highest BCUT2D eigenvalue weighted by atomic mass is 16.5. The molecule has 2 aromatic heterocycles. The van der Waals surface area contributed by atoms with Crippen LogP contribution in [-0.2, 0) is 4.74 Å². The van der Waals surface area contributed by atoms with Crippen molar-refractivity contribution in [1.29, 1.82) is 0 Å². The van der Waals surface area contributed by atoms with Gasteiger partial charge >= 0.3 is 0 Å². The Balaban J connectivity index is 1.84. The van der Waals surface area contributed by atoms with Crippen LogP contribution in [0.4, 0.5) is 0 Å². The number of rotatable bonds is 2. The van der Waals surface area contributed by atoms with Crippen molar-refractivity contribution < 1.29 is 9.26 Å². The van der Waals surface area contributed by atoms with Gasteiger partial charge in [0.05, 0.1) is 12.5 Å². The van der Waals surface area contributed by atoms with E-state index in [0.717, 1.165) is 6.42 Å². The molecule has 90 valence electrons. The number of aromatic nitrogens is 4. The summed E-state index contributed by atoms with van der Waals surface area (Å²) >= 11 is 0. The zero-order valence-corrected chi connectivity index (χ0v) is 9.17. The van der Waals surface area contributed by atoms with Gasteiger partial charge in [-0.25, -0.2) is 4.98 Å². The lowest BCUT2D eigenvalue weighted by Gasteiger charge is -2.25. The molecule has 0 saturated carbocycles. The van der Waals surface area contributed by atoms with Crippen molar-refractivity contribution in [2.45, 2.75) is 18.4 Å². The number of nitrogens with two attached hydrogens (primary N) is 1. The van der Waals surface area contributed by atoms with Gasteiger partial charge in [-0.15, -0.1) is 0 Å². The van der Waals surface area contributed by atoms with Crippen molar-refractivity contribution in [1.82, 2.24) is 20.1 Å². The molecule has 7 heteroatoms. The molecule has 2 atom stereocenters. The maximum Gasteiger partial charge on any atom is 0.238 e. The van der Waals surface area contributed by atoms with Gasteiger partial charge in [0.2, 0.25) is 11.7 Å². The largest absolute Gasteiger partial charge is 0.381 e. The summed E-state index contributed by atoms with van der Waals surface area (Å²) in [5.74, 6) is 1.52. The van der Waals surface area contributed by atoms with E-state index in [1.807, 2.05) is 0 Å². The number of H-pyrrole nitrogens is 1. The van der Waals surface area contributed by atoms with Gasteiger partial charge in [0, 0.05) is 25.0 Å². The fraction of sp³-hybridized carbons (Fsp3) is 0.500. The lowest BCUT2D eigenvalue weighted by Crippen LogP contribution is -2.37. The molecule has 0 amide bonds. The van der Waals surface area contributed by atoms with E-state index in [-0.39, 0.29) is 12.0 Å². The number of hydrogen-bond donors (Lipinski definition) is 2. The Hall–Kier alpha value is -1.73. The Bertz CT molecular complexity index is 481. The third-order valence-electron chi connectivity index (χ3n) is 2.88. The van der Waals surface area contributed by atoms with E-state index < -0.39 is 0 Å². The second kappa shape index (κ2) is 4.27. The number of imidazole rings is 1. The van der Waals surface area contributed by atoms with E-state index in [2.05, 4.69) is 20.1 Å². The SMILES string of the molecule is NC1CCOCC1c1nc(-c2ncc[nH]2)no1. The zero-order valence-electron chi connectivity index (χ0n) is 9.17. The topological polar surface area (TPSA) is 103 Å². The average molecular weight is 235 g/mol. The first-order chi connectivity index (χ1) is 8.34. The summed E-state index contributed by atoms with van der Waals surface area (Å²) in [7, 11) is 0. The van der Waals surface area contributed by atoms with Crippen LogP contribution in [0.15, 0.2) is 16.9 Å². The highest BCUT2D eigenvalue weighted by Crippen LogP contribution is 2.24. The minimum absolute atomic E-state index is 0.00801. The van der Waals surface area contributed by atoms with E-state index >= 15 is 0 Å². The van der Waals surface area contributed by atoms with Crippen molar-refractivity contribution in [2.24, 2.45) is 5.73 Å². The Kier molecular flexibility index (Phi) is 2.62. The van der Waals surface area contributed by atoms with Crippen LogP contribution in [0.3, 0.4) is 0 Å². The molecule has 0 radical (unpaired) electrons. The summed E-state index contributed by atoms with van der Waals surface area (Å²) in [6, 6.07) is 0.00801. The quantitative estimate of drug-likeness (QED) is 0.775. The van der Waals surface area contributed by atoms with Crippen LogP contribution in [0, 0.1) is 0 Å². The molecule has 7 nitrogen and oxygen atoms in total. The molecule has 3 N–H and O–H groups in total. The molecule has 1 aliphatic rings. The van der Waals surface area contributed by atoms with Crippen LogP contribution in [0.1, 0.15) is 18.2 Å². The highest BCUT2D eigenvalue weighted by molar-refractivity contribution is 5.40. The van der Waals surface area contributed by atoms with Crippen LogP contribution in [-0.4, -0.2) is 39.4 Å². The molecule has 2 unspecified atom stereocenters. The molecular formula is C10H13N5O2. The van der Waals surface area contributed by atoms with E-state index in [0.29, 0.717) is 30.8 Å². The molecular weight excluding hydrogens is 222 g/mol. The molecule has 0 spiro atoms. The Morgan fingerprint density at radius 3 is 3.18 bits per heavy atom. The first-order valence-electron chi connectivity index (χ1n) is 5.51. The van der Waals surface area contributed by atoms with Gasteiger partial charge in [0.1, 0.15) is 0 Å². The number of ether oxygens (including phenoxy) is 1. The smallest absolute Gasteiger partial charge is 0.238 e. The fourth-order valence-electron chi connectivity index (χ4n) is 1.88. The zero-order chi connectivity index (χ0) is 11.7. The van der Waals surface area contributed by atoms with Crippen LogP contribution in [0.5, 0.6) is 0 Å². The van der Waals surface area contributed by atoms with E-state index in [9.17, 15) is 0 Å². The number of hydrogen-bond acceptors (Lipinski definition) is 6. The van der Waals surface area contributed by atoms with Crippen LogP contribution >= 0.6 is 0 Å². The number of nitrogens with zero attached hydrogens (tertiary/aromatic N) is 3. The van der Waals surface area contributed by atoms with Crippen molar-refractivity contribution in [3.63, 3.8) is 0 Å². The lowest BCUT2D eigenvalue weighted by molar-refractivity contribution is 0.0590. The van der Waals surface area contributed by atoms with Gasteiger partial charge in [0.15, 0.2) is 5.82 Å². The van der Waals surface area contributed by atoms with Gasteiger partial charge < -0.3 is 20.0 Å². The normalized spacial score (nSPS) is 25.0. The van der Waals surface area contributed by atoms with Crippen LogP contribution in [0.2, 0.25) is 0 Å². The van der Waals surface area contributed by atoms with Crippen LogP contribution in [0.25, 0.3) is 11.6 Å². The molecule has 0 bridgehead atoms. The first kappa shape index (κ1) is 10.4. The van der Waals surface area contributed by atoms with Crippen molar-refractivity contribution in [3.05, 3.63) is 18.3 Å². The number of aromatic amines is 1. The van der Waals surface area contributed by atoms with E-state index in [1.165, 1.54) is 0 Å². The molecule has 0 aliphatic carbocycles. The molecule has 17 heavy (non-hydrogen) atoms. The fourth-order valence-corrected chi connectivity index (χ4v) is 1.88. The predicted molar refractivity (Wildman–Crippen MR) is 58.0 cm³/mol. The van der Waals surface area contributed by atoms with Crippen LogP contribution < -0.4 is 5.73 Å². The standard InChI is InChI=1S/C10H13N5O2/c11-7-1-4-16-5-6(7)10-14-9(15-17-10)8-12-2-3-13-8/h2-3,6-7H,1,4-5,11H2,(H,12,13). The van der Waals surface area contributed by atoms with Gasteiger partial charge in [-0.2, -0.15) is 4.98 Å². The maximum atomic E-state index is 6.01. The number of nitrogens with one attached hydrogen (secondary N) is 1. The van der Waals surface area contributed by atoms with E-state index in [4.69, 9.17) is 15.0 Å². The van der Waals surface area contributed by atoms with Gasteiger partial charge in [-0.3, -0.25) is 0 Å². The Labute approximate surface area is 97.4 Å². The second-order valence-electron chi connectivity index (χ2n) is 4.03. The molecule has 1 saturated heterocycles. The monoisotopic (exact) mass is 235 g/mol. The molecule has 3 heterocycles. The molecule has 1 fully saturated rings. The van der Waals surface area contributed by atoms with Gasteiger partial charge in [-0.1, -0.05) is 5.16 Å². The molecule has 1 aliphatic heterocycles. The average Bonchev–Trinajstić information content (AvgIpc) is 3.00.